The van der Waals surface area contributed by atoms with Gasteiger partial charge in [0, 0.05) is 12.5 Å². The van der Waals surface area contributed by atoms with Crippen molar-refractivity contribution in [1.29, 1.82) is 0 Å². The Morgan fingerprint density at radius 1 is 1.07 bits per heavy atom. The molecule has 6 rings (SSSR count). The number of rotatable bonds is 4. The van der Waals surface area contributed by atoms with Crippen LogP contribution in [-0.2, 0) is 14.8 Å². The first-order valence-electron chi connectivity index (χ1n) is 10.4. The van der Waals surface area contributed by atoms with Gasteiger partial charge < -0.3 is 4.74 Å². The molecule has 1 aromatic rings. The third-order valence-corrected chi connectivity index (χ3v) is 9.28. The van der Waals surface area contributed by atoms with Gasteiger partial charge in [0.25, 0.3) is 10.0 Å². The minimum absolute atomic E-state index is 0.0357. The molecular weight excluding hydrogens is 408 g/mol. The van der Waals surface area contributed by atoms with E-state index in [0.717, 1.165) is 42.6 Å². The number of sulfonamides is 1. The van der Waals surface area contributed by atoms with Gasteiger partial charge >= 0.3 is 0 Å². The molecule has 0 saturated heterocycles. The van der Waals surface area contributed by atoms with Crippen LogP contribution in [-0.4, -0.2) is 32.2 Å². The van der Waals surface area contributed by atoms with Crippen molar-refractivity contribution in [3.63, 3.8) is 0 Å². The predicted octanol–water partition coefficient (Wildman–Crippen LogP) is 4.67. The summed E-state index contributed by atoms with van der Waals surface area (Å²) in [6, 6.07) is 6.82. The van der Waals surface area contributed by atoms with E-state index in [-0.39, 0.29) is 22.7 Å². The number of ether oxygens (including phenoxy) is 1. The van der Waals surface area contributed by atoms with Gasteiger partial charge in [-0.05, 0) is 75.3 Å². The molecule has 0 unspecified atom stereocenters. The first-order chi connectivity index (χ1) is 13.8. The average molecular weight is 435 g/mol. The van der Waals surface area contributed by atoms with Crippen LogP contribution in [0.4, 0.5) is 0 Å². The molecule has 0 atom stereocenters. The molecule has 0 amide bonds. The van der Waals surface area contributed by atoms with Gasteiger partial charge in [-0.3, -0.25) is 0 Å². The van der Waals surface area contributed by atoms with Crippen LogP contribution in [0.15, 0.2) is 45.1 Å². The molecule has 0 N–H and O–H groups in total. The molecule has 1 aromatic carbocycles. The summed E-state index contributed by atoms with van der Waals surface area (Å²) in [4.78, 5) is 4.91. The van der Waals surface area contributed by atoms with Gasteiger partial charge in [0.2, 0.25) is 5.88 Å². The third kappa shape index (κ3) is 3.19. The SMILES string of the molecule is Cc1ccc(S(=O)(=O)N(C)C2=C(Cl)CN=C(C34CC5CC(CC(C5)C3)C4)O2)cc1. The van der Waals surface area contributed by atoms with E-state index in [4.69, 9.17) is 16.3 Å². The highest BCUT2D eigenvalue weighted by Crippen LogP contribution is 2.61. The summed E-state index contributed by atoms with van der Waals surface area (Å²) in [7, 11) is -2.25. The summed E-state index contributed by atoms with van der Waals surface area (Å²) in [5.41, 5.74) is 0.973. The fraction of sp³-hybridized carbons (Fsp3) is 0.591. The normalized spacial score (nSPS) is 33.5. The average Bonchev–Trinajstić information content (AvgIpc) is 2.67. The minimum Gasteiger partial charge on any atom is -0.424 e. The molecular formula is C22H27ClN2O3S. The Morgan fingerprint density at radius 3 is 2.17 bits per heavy atom. The fourth-order valence-corrected chi connectivity index (χ4v) is 7.69. The highest BCUT2D eigenvalue weighted by atomic mass is 35.5. The first-order valence-corrected chi connectivity index (χ1v) is 12.3. The highest BCUT2D eigenvalue weighted by molar-refractivity contribution is 7.89. The van der Waals surface area contributed by atoms with Gasteiger partial charge in [0.15, 0.2) is 5.90 Å². The number of halogens is 1. The Bertz CT molecular complexity index is 962. The molecule has 156 valence electrons. The largest absolute Gasteiger partial charge is 0.424 e. The van der Waals surface area contributed by atoms with Crippen molar-refractivity contribution in [3.8, 4) is 0 Å². The highest BCUT2D eigenvalue weighted by Gasteiger charge is 2.55. The van der Waals surface area contributed by atoms with Crippen molar-refractivity contribution in [2.45, 2.75) is 50.3 Å². The zero-order valence-corrected chi connectivity index (χ0v) is 18.5. The lowest BCUT2D eigenvalue weighted by atomic mass is 9.49. The molecule has 4 saturated carbocycles. The second-order valence-corrected chi connectivity index (χ2v) is 11.8. The number of aliphatic imine (C=N–C) groups is 1. The summed E-state index contributed by atoms with van der Waals surface area (Å²) in [5, 5.41) is 0.330. The summed E-state index contributed by atoms with van der Waals surface area (Å²) < 4.78 is 33.7. The van der Waals surface area contributed by atoms with E-state index >= 15 is 0 Å². The zero-order chi connectivity index (χ0) is 20.4. The van der Waals surface area contributed by atoms with Crippen LogP contribution in [0, 0.1) is 30.1 Å². The van der Waals surface area contributed by atoms with Crippen LogP contribution in [0.5, 0.6) is 0 Å². The molecule has 4 bridgehead atoms. The summed E-state index contributed by atoms with van der Waals surface area (Å²) in [6.07, 6.45) is 7.32. The molecule has 29 heavy (non-hydrogen) atoms. The van der Waals surface area contributed by atoms with Crippen molar-refractivity contribution in [2.24, 2.45) is 28.2 Å². The molecule has 4 fully saturated rings. The van der Waals surface area contributed by atoms with Crippen molar-refractivity contribution < 1.29 is 13.2 Å². The van der Waals surface area contributed by atoms with E-state index in [1.54, 1.807) is 24.3 Å². The Kier molecular flexibility index (Phi) is 4.52. The quantitative estimate of drug-likeness (QED) is 0.691. The van der Waals surface area contributed by atoms with Gasteiger partial charge in [-0.15, -0.1) is 0 Å². The molecule has 4 aliphatic carbocycles. The molecule has 0 radical (unpaired) electrons. The van der Waals surface area contributed by atoms with Gasteiger partial charge in [0.05, 0.1) is 11.4 Å². The second kappa shape index (κ2) is 6.74. The van der Waals surface area contributed by atoms with Gasteiger partial charge in [-0.25, -0.2) is 17.7 Å². The Labute approximate surface area is 177 Å². The standard InChI is InChI=1S/C22H27ClN2O3S/c1-14-3-5-18(6-4-14)29(26,27)25(2)20-19(23)13-24-21(28-20)22-10-15-7-16(11-22)9-17(8-15)12-22/h3-6,15-17H,7-13H2,1-2H3. The topological polar surface area (TPSA) is 59.0 Å². The number of hydrogen-bond donors (Lipinski definition) is 0. The molecule has 0 spiro atoms. The smallest absolute Gasteiger partial charge is 0.266 e. The van der Waals surface area contributed by atoms with E-state index in [1.165, 1.54) is 30.6 Å². The lowest BCUT2D eigenvalue weighted by Crippen LogP contribution is -2.51. The molecule has 5 aliphatic rings. The lowest BCUT2D eigenvalue weighted by molar-refractivity contribution is -0.0238. The van der Waals surface area contributed by atoms with Gasteiger partial charge in [-0.1, -0.05) is 29.3 Å². The van der Waals surface area contributed by atoms with Crippen molar-refractivity contribution in [2.75, 3.05) is 13.6 Å². The molecule has 1 aliphatic heterocycles. The zero-order valence-electron chi connectivity index (χ0n) is 16.9. The Morgan fingerprint density at radius 2 is 1.62 bits per heavy atom. The van der Waals surface area contributed by atoms with Crippen molar-refractivity contribution >= 4 is 27.5 Å². The maximum Gasteiger partial charge on any atom is 0.266 e. The number of nitrogens with zero attached hydrogens (tertiary/aromatic N) is 2. The number of aryl methyl sites for hydroxylation is 1. The lowest BCUT2D eigenvalue weighted by Gasteiger charge is -2.56. The molecule has 7 heteroatoms. The van der Waals surface area contributed by atoms with Crippen LogP contribution in [0.25, 0.3) is 0 Å². The van der Waals surface area contributed by atoms with Gasteiger partial charge in [0.1, 0.15) is 5.03 Å². The van der Waals surface area contributed by atoms with Crippen LogP contribution < -0.4 is 0 Å². The third-order valence-electron chi connectivity index (χ3n) is 7.24. The van der Waals surface area contributed by atoms with E-state index in [0.29, 0.717) is 10.9 Å². The Balaban J connectivity index is 1.42. The van der Waals surface area contributed by atoms with E-state index < -0.39 is 10.0 Å². The molecule has 1 heterocycles. The van der Waals surface area contributed by atoms with E-state index in [1.807, 2.05) is 6.92 Å². The van der Waals surface area contributed by atoms with Crippen LogP contribution in [0.3, 0.4) is 0 Å². The van der Waals surface area contributed by atoms with Gasteiger partial charge in [-0.2, -0.15) is 0 Å². The van der Waals surface area contributed by atoms with Crippen molar-refractivity contribution in [3.05, 3.63) is 40.7 Å². The van der Waals surface area contributed by atoms with Crippen LogP contribution in [0.2, 0.25) is 0 Å². The number of benzene rings is 1. The monoisotopic (exact) mass is 434 g/mol. The maximum absolute atomic E-state index is 13.2. The predicted molar refractivity (Wildman–Crippen MR) is 113 cm³/mol. The Hall–Kier alpha value is -1.53. The van der Waals surface area contributed by atoms with Crippen LogP contribution >= 0.6 is 11.6 Å². The summed E-state index contributed by atoms with van der Waals surface area (Å²) >= 11 is 6.41. The molecule has 5 nitrogen and oxygen atoms in total. The second-order valence-electron chi connectivity index (χ2n) is 9.42. The fourth-order valence-electron chi connectivity index (χ4n) is 6.25. The van der Waals surface area contributed by atoms with Crippen LogP contribution in [0.1, 0.15) is 44.1 Å². The number of hydrogen-bond acceptors (Lipinski definition) is 4. The summed E-state index contributed by atoms with van der Waals surface area (Å²) in [5.74, 6) is 3.18. The molecule has 0 aromatic heterocycles. The minimum atomic E-state index is -3.76. The van der Waals surface area contributed by atoms with E-state index in [2.05, 4.69) is 4.99 Å². The first kappa shape index (κ1) is 19.4. The maximum atomic E-state index is 13.2. The van der Waals surface area contributed by atoms with Crippen molar-refractivity contribution in [1.82, 2.24) is 4.31 Å². The summed E-state index contributed by atoms with van der Waals surface area (Å²) in [6.45, 7) is 2.21. The van der Waals surface area contributed by atoms with E-state index in [9.17, 15) is 8.42 Å².